The van der Waals surface area contributed by atoms with E-state index in [1.807, 2.05) is 0 Å². The molecule has 1 aliphatic heterocycles. The fraction of sp³-hybridized carbons (Fsp3) is 0.467. The molecule has 0 saturated carbocycles. The average molecular weight is 323 g/mol. The molecule has 2 rings (SSSR count). The summed E-state index contributed by atoms with van der Waals surface area (Å²) in [5.41, 5.74) is 9.62. The quantitative estimate of drug-likeness (QED) is 0.483. The lowest BCUT2D eigenvalue weighted by Crippen LogP contribution is -2.45. The lowest BCUT2D eigenvalue weighted by molar-refractivity contribution is 0.132. The number of hydrogen-bond donors (Lipinski definition) is 2. The molecule has 1 saturated heterocycles. The van der Waals surface area contributed by atoms with Crippen LogP contribution in [-0.2, 0) is 6.54 Å². The molecular weight excluding hydrogens is 301 g/mol. The molecule has 0 radical (unpaired) electrons. The summed E-state index contributed by atoms with van der Waals surface area (Å²) in [5, 5.41) is 4.07. The standard InChI is InChI=1S/C15H22FN5S/c1-2-20-5-7-21(8-6-20)11-13-9-14(16)4-3-12(13)10-18-19-15(17)22/h3-4,9-10H,2,5-8,11H2,1H3,(H3,17,19,22). The second-order valence-corrected chi connectivity index (χ2v) is 5.73. The third-order valence-electron chi connectivity index (χ3n) is 3.79. The first-order valence-electron chi connectivity index (χ1n) is 7.40. The molecule has 120 valence electrons. The second-order valence-electron chi connectivity index (χ2n) is 5.29. The maximum atomic E-state index is 13.5. The highest BCUT2D eigenvalue weighted by molar-refractivity contribution is 7.80. The van der Waals surface area contributed by atoms with Crippen molar-refractivity contribution in [3.63, 3.8) is 0 Å². The van der Waals surface area contributed by atoms with Crippen molar-refractivity contribution >= 4 is 23.5 Å². The van der Waals surface area contributed by atoms with Gasteiger partial charge in [0.15, 0.2) is 5.11 Å². The van der Waals surface area contributed by atoms with Crippen molar-refractivity contribution in [2.75, 3.05) is 32.7 Å². The minimum absolute atomic E-state index is 0.107. The number of nitrogens with two attached hydrogens (primary N) is 1. The molecule has 1 aromatic rings. The number of benzene rings is 1. The zero-order chi connectivity index (χ0) is 15.9. The van der Waals surface area contributed by atoms with Crippen LogP contribution in [0.2, 0.25) is 0 Å². The van der Waals surface area contributed by atoms with E-state index in [0.717, 1.165) is 43.9 Å². The Bertz CT molecular complexity index is 541. The van der Waals surface area contributed by atoms with Crippen LogP contribution in [0.5, 0.6) is 0 Å². The number of thiocarbonyl (C=S) groups is 1. The van der Waals surface area contributed by atoms with Crippen LogP contribution in [0, 0.1) is 5.82 Å². The topological polar surface area (TPSA) is 56.9 Å². The molecule has 0 atom stereocenters. The first-order chi connectivity index (χ1) is 10.6. The Hall–Kier alpha value is -1.57. The molecule has 0 bridgehead atoms. The van der Waals surface area contributed by atoms with Crippen LogP contribution in [0.15, 0.2) is 23.3 Å². The third-order valence-corrected chi connectivity index (χ3v) is 3.88. The minimum atomic E-state index is -0.235. The zero-order valence-corrected chi connectivity index (χ0v) is 13.6. The van der Waals surface area contributed by atoms with Crippen molar-refractivity contribution in [3.8, 4) is 0 Å². The fourth-order valence-electron chi connectivity index (χ4n) is 2.51. The summed E-state index contributed by atoms with van der Waals surface area (Å²) < 4.78 is 13.5. The summed E-state index contributed by atoms with van der Waals surface area (Å²) in [6.45, 7) is 8.06. The molecule has 1 aliphatic rings. The maximum Gasteiger partial charge on any atom is 0.184 e. The number of piperazine rings is 1. The van der Waals surface area contributed by atoms with E-state index in [4.69, 9.17) is 18.0 Å². The van der Waals surface area contributed by atoms with E-state index in [1.165, 1.54) is 6.07 Å². The number of hydrazone groups is 1. The number of likely N-dealkylation sites (N-methyl/N-ethyl adjacent to an activating group) is 1. The minimum Gasteiger partial charge on any atom is -0.375 e. The number of hydrogen-bond acceptors (Lipinski definition) is 4. The maximum absolute atomic E-state index is 13.5. The van der Waals surface area contributed by atoms with Gasteiger partial charge in [-0.3, -0.25) is 10.3 Å². The predicted molar refractivity (Wildman–Crippen MR) is 91.3 cm³/mol. The van der Waals surface area contributed by atoms with Crippen molar-refractivity contribution < 1.29 is 4.39 Å². The number of rotatable bonds is 5. The largest absolute Gasteiger partial charge is 0.375 e. The Balaban J connectivity index is 2.04. The summed E-state index contributed by atoms with van der Waals surface area (Å²) in [7, 11) is 0. The molecule has 0 unspecified atom stereocenters. The molecule has 0 aliphatic carbocycles. The third kappa shape index (κ3) is 5.01. The van der Waals surface area contributed by atoms with Gasteiger partial charge >= 0.3 is 0 Å². The van der Waals surface area contributed by atoms with E-state index in [2.05, 4.69) is 27.3 Å². The number of nitrogens with zero attached hydrogens (tertiary/aromatic N) is 3. The van der Waals surface area contributed by atoms with Crippen LogP contribution in [0.4, 0.5) is 4.39 Å². The van der Waals surface area contributed by atoms with Crippen molar-refractivity contribution in [2.45, 2.75) is 13.5 Å². The van der Waals surface area contributed by atoms with Crippen molar-refractivity contribution in [3.05, 3.63) is 35.1 Å². The number of halogens is 1. The highest BCUT2D eigenvalue weighted by Gasteiger charge is 2.16. The molecule has 0 aromatic heterocycles. The SMILES string of the molecule is CCN1CCN(Cc2cc(F)ccc2C=NNC(N)=S)CC1. The van der Waals surface area contributed by atoms with Crippen LogP contribution < -0.4 is 11.2 Å². The van der Waals surface area contributed by atoms with Gasteiger partial charge in [0.25, 0.3) is 0 Å². The lowest BCUT2D eigenvalue weighted by atomic mass is 10.1. The van der Waals surface area contributed by atoms with Gasteiger partial charge in [-0.05, 0) is 42.0 Å². The summed E-state index contributed by atoms with van der Waals surface area (Å²) in [4.78, 5) is 4.75. The van der Waals surface area contributed by atoms with E-state index < -0.39 is 0 Å². The van der Waals surface area contributed by atoms with Gasteiger partial charge in [0.1, 0.15) is 5.82 Å². The summed E-state index contributed by atoms with van der Waals surface area (Å²) >= 11 is 4.70. The van der Waals surface area contributed by atoms with Crippen LogP contribution in [0.3, 0.4) is 0 Å². The van der Waals surface area contributed by atoms with Crippen molar-refractivity contribution in [1.82, 2.24) is 15.2 Å². The van der Waals surface area contributed by atoms with Gasteiger partial charge in [-0.15, -0.1) is 0 Å². The predicted octanol–water partition coefficient (Wildman–Crippen LogP) is 1.13. The Kier molecular flexibility index (Phi) is 6.23. The van der Waals surface area contributed by atoms with Gasteiger partial charge in [-0.25, -0.2) is 4.39 Å². The normalized spacial score (nSPS) is 17.0. The molecule has 1 fully saturated rings. The Morgan fingerprint density at radius 2 is 2.05 bits per heavy atom. The number of nitrogens with one attached hydrogen (secondary N) is 1. The van der Waals surface area contributed by atoms with Crippen LogP contribution in [0.1, 0.15) is 18.1 Å². The van der Waals surface area contributed by atoms with Gasteiger partial charge in [0.2, 0.25) is 0 Å². The Morgan fingerprint density at radius 1 is 1.36 bits per heavy atom. The van der Waals surface area contributed by atoms with Crippen LogP contribution in [-0.4, -0.2) is 53.9 Å². The van der Waals surface area contributed by atoms with Gasteiger partial charge in [-0.1, -0.05) is 13.0 Å². The van der Waals surface area contributed by atoms with Crippen molar-refractivity contribution in [2.24, 2.45) is 10.8 Å². The van der Waals surface area contributed by atoms with E-state index in [-0.39, 0.29) is 10.9 Å². The first kappa shape index (κ1) is 16.8. The summed E-state index contributed by atoms with van der Waals surface area (Å²) in [5.74, 6) is -0.235. The molecule has 1 aromatic carbocycles. The molecule has 22 heavy (non-hydrogen) atoms. The van der Waals surface area contributed by atoms with Gasteiger partial charge < -0.3 is 10.6 Å². The molecule has 0 amide bonds. The van der Waals surface area contributed by atoms with Gasteiger partial charge in [0, 0.05) is 32.7 Å². The highest BCUT2D eigenvalue weighted by Crippen LogP contribution is 2.14. The Labute approximate surface area is 136 Å². The molecule has 3 N–H and O–H groups in total. The lowest BCUT2D eigenvalue weighted by Gasteiger charge is -2.34. The Morgan fingerprint density at radius 3 is 2.68 bits per heavy atom. The van der Waals surface area contributed by atoms with E-state index >= 15 is 0 Å². The molecule has 0 spiro atoms. The van der Waals surface area contributed by atoms with E-state index in [9.17, 15) is 4.39 Å². The van der Waals surface area contributed by atoms with Crippen LogP contribution >= 0.6 is 12.2 Å². The van der Waals surface area contributed by atoms with Gasteiger partial charge in [0.05, 0.1) is 6.21 Å². The highest BCUT2D eigenvalue weighted by atomic mass is 32.1. The summed E-state index contributed by atoms with van der Waals surface area (Å²) in [6.07, 6.45) is 1.62. The zero-order valence-electron chi connectivity index (χ0n) is 12.8. The first-order valence-corrected chi connectivity index (χ1v) is 7.81. The van der Waals surface area contributed by atoms with Gasteiger partial charge in [-0.2, -0.15) is 5.10 Å². The molecule has 5 nitrogen and oxygen atoms in total. The van der Waals surface area contributed by atoms with Crippen molar-refractivity contribution in [1.29, 1.82) is 0 Å². The molecular formula is C15H22FN5S. The molecule has 1 heterocycles. The van der Waals surface area contributed by atoms with E-state index in [1.54, 1.807) is 18.3 Å². The fourth-order valence-corrected chi connectivity index (χ4v) is 2.56. The van der Waals surface area contributed by atoms with E-state index in [0.29, 0.717) is 6.54 Å². The van der Waals surface area contributed by atoms with Crippen LogP contribution in [0.25, 0.3) is 0 Å². The monoisotopic (exact) mass is 323 g/mol. The molecule has 7 heteroatoms. The average Bonchev–Trinajstić information content (AvgIpc) is 2.50. The smallest absolute Gasteiger partial charge is 0.184 e. The summed E-state index contributed by atoms with van der Waals surface area (Å²) in [6, 6.07) is 4.71. The second kappa shape index (κ2) is 8.17.